The van der Waals surface area contributed by atoms with Gasteiger partial charge < -0.3 is 25.6 Å². The number of amides is 2. The number of aliphatic hydroxyl groups is 1. The second kappa shape index (κ2) is 13.0. The van der Waals surface area contributed by atoms with E-state index >= 15 is 0 Å². The number of pyridine rings is 2. The third-order valence-corrected chi connectivity index (χ3v) is 8.74. The van der Waals surface area contributed by atoms with Crippen molar-refractivity contribution < 1.29 is 33.0 Å². The highest BCUT2D eigenvalue weighted by atomic mass is 35.5. The molecule has 4 N–H and O–H groups in total. The molecule has 1 saturated carbocycles. The zero-order valence-corrected chi connectivity index (χ0v) is 27.1. The first-order valence-electron chi connectivity index (χ1n) is 14.8. The number of nitrogens with one attached hydrogen (secondary N) is 1. The molecule has 1 atom stereocenters. The summed E-state index contributed by atoms with van der Waals surface area (Å²) in [5, 5.41) is 19.6. The molecule has 0 radical (unpaired) electrons. The van der Waals surface area contributed by atoms with Crippen molar-refractivity contribution in [3.63, 3.8) is 0 Å². The lowest BCUT2D eigenvalue weighted by Gasteiger charge is -2.29. The number of carbonyl (C=O) groups excluding carboxylic acids is 2. The number of hydrogen-bond donors (Lipinski definition) is 3. The summed E-state index contributed by atoms with van der Waals surface area (Å²) in [5.74, 6) is -3.10. The number of ether oxygens (including phenoxy) is 2. The van der Waals surface area contributed by atoms with E-state index in [4.69, 9.17) is 38.4 Å². The first-order valence-corrected chi connectivity index (χ1v) is 15.5. The van der Waals surface area contributed by atoms with Crippen molar-refractivity contribution in [1.82, 2.24) is 25.1 Å². The molecule has 0 saturated heterocycles. The van der Waals surface area contributed by atoms with Crippen molar-refractivity contribution in [2.75, 3.05) is 20.3 Å². The Balaban J connectivity index is 1.47. The van der Waals surface area contributed by atoms with Crippen LogP contribution in [-0.4, -0.2) is 56.9 Å². The van der Waals surface area contributed by atoms with E-state index in [0.29, 0.717) is 22.7 Å². The van der Waals surface area contributed by atoms with Crippen molar-refractivity contribution in [2.24, 2.45) is 5.73 Å². The summed E-state index contributed by atoms with van der Waals surface area (Å²) in [4.78, 5) is 34.8. The van der Waals surface area contributed by atoms with Gasteiger partial charge in [0.2, 0.25) is 5.95 Å². The Labute approximate surface area is 282 Å². The molecule has 0 bridgehead atoms. The molecule has 6 rings (SSSR count). The summed E-state index contributed by atoms with van der Waals surface area (Å²) in [6, 6.07) is 10.6. The number of nitrogens with zero attached hydrogens (tertiary/aromatic N) is 4. The van der Waals surface area contributed by atoms with E-state index in [0.717, 1.165) is 31.0 Å². The predicted octanol–water partition coefficient (Wildman–Crippen LogP) is 5.59. The van der Waals surface area contributed by atoms with Gasteiger partial charge in [-0.3, -0.25) is 14.3 Å². The van der Waals surface area contributed by atoms with Gasteiger partial charge in [0.1, 0.15) is 22.8 Å². The molecule has 48 heavy (non-hydrogen) atoms. The third-order valence-electron chi connectivity index (χ3n) is 7.88. The standard InChI is InChI=1S/C33H28Cl2F2N6O5/c1-3-48-30-20(31(38)44)13-24(41-29(30)19-9-10-21(36)27(35)26(19)34)33(46,23-5-4-6-25(37)40-23)15-39-32(45)16-11-17-14-43(18-7-8-18)42-28(17)22(12-16)47-2/h4-6,9-14,18,46H,3,7-8,15H2,1-2H3,(H2,38,44)(H,39,45)/t33-/m1/s1. The van der Waals surface area contributed by atoms with Crippen LogP contribution in [0.1, 0.15) is 57.9 Å². The fourth-order valence-corrected chi connectivity index (χ4v) is 5.71. The SMILES string of the molecule is CCOc1c(C(N)=O)cc([C@@](O)(CNC(=O)c2cc(OC)c3nn(C4CC4)cc3c2)c2cccc(F)n2)nc1-c1ccc(F)c(Cl)c1Cl. The van der Waals surface area contributed by atoms with Crippen molar-refractivity contribution in [2.45, 2.75) is 31.4 Å². The van der Waals surface area contributed by atoms with E-state index in [-0.39, 0.29) is 51.2 Å². The number of benzene rings is 2. The van der Waals surface area contributed by atoms with Gasteiger partial charge in [-0.05, 0) is 62.2 Å². The largest absolute Gasteiger partial charge is 0.494 e. The highest BCUT2D eigenvalue weighted by Gasteiger charge is 2.38. The van der Waals surface area contributed by atoms with Crippen LogP contribution in [0.2, 0.25) is 10.0 Å². The minimum Gasteiger partial charge on any atom is -0.494 e. The molecule has 1 fully saturated rings. The number of halogens is 4. The fraction of sp³-hybridized carbons (Fsp3) is 0.242. The summed E-state index contributed by atoms with van der Waals surface area (Å²) in [6.45, 7) is 1.09. The van der Waals surface area contributed by atoms with E-state index < -0.39 is 40.7 Å². The average Bonchev–Trinajstić information content (AvgIpc) is 3.84. The van der Waals surface area contributed by atoms with Crippen LogP contribution in [0, 0.1) is 11.8 Å². The number of hydrogen-bond acceptors (Lipinski definition) is 8. The maximum atomic E-state index is 14.5. The first-order chi connectivity index (χ1) is 22.9. The van der Waals surface area contributed by atoms with Gasteiger partial charge in [0.25, 0.3) is 11.8 Å². The molecule has 0 spiro atoms. The van der Waals surface area contributed by atoms with Crippen molar-refractivity contribution in [3.8, 4) is 22.8 Å². The zero-order valence-electron chi connectivity index (χ0n) is 25.6. The Morgan fingerprint density at radius 2 is 1.88 bits per heavy atom. The summed E-state index contributed by atoms with van der Waals surface area (Å²) < 4.78 is 41.9. The molecule has 2 amide bonds. The van der Waals surface area contributed by atoms with Gasteiger partial charge in [0, 0.05) is 22.7 Å². The van der Waals surface area contributed by atoms with Gasteiger partial charge >= 0.3 is 0 Å². The molecule has 3 heterocycles. The summed E-state index contributed by atoms with van der Waals surface area (Å²) in [7, 11) is 1.47. The molecule has 15 heteroatoms. The van der Waals surface area contributed by atoms with Crippen LogP contribution in [0.25, 0.3) is 22.2 Å². The number of carbonyl (C=O) groups is 2. The van der Waals surface area contributed by atoms with Crippen molar-refractivity contribution in [1.29, 1.82) is 0 Å². The highest BCUT2D eigenvalue weighted by molar-refractivity contribution is 6.43. The second-order valence-electron chi connectivity index (χ2n) is 11.1. The lowest BCUT2D eigenvalue weighted by molar-refractivity contribution is 0.0628. The summed E-state index contributed by atoms with van der Waals surface area (Å²) >= 11 is 12.5. The lowest BCUT2D eigenvalue weighted by Crippen LogP contribution is -2.43. The van der Waals surface area contributed by atoms with Crippen LogP contribution in [0.5, 0.6) is 11.5 Å². The van der Waals surface area contributed by atoms with Crippen LogP contribution >= 0.6 is 23.2 Å². The molecular weight excluding hydrogens is 669 g/mol. The average molecular weight is 698 g/mol. The van der Waals surface area contributed by atoms with Crippen molar-refractivity contribution in [3.05, 3.63) is 99.1 Å². The normalized spacial score (nSPS) is 14.1. The molecule has 5 aromatic rings. The Kier molecular flexibility index (Phi) is 8.94. The Bertz CT molecular complexity index is 2090. The zero-order chi connectivity index (χ0) is 34.3. The summed E-state index contributed by atoms with van der Waals surface area (Å²) in [6.07, 6.45) is 3.86. The first kappa shape index (κ1) is 33.1. The van der Waals surface area contributed by atoms with E-state index in [1.54, 1.807) is 13.0 Å². The smallest absolute Gasteiger partial charge is 0.252 e. The van der Waals surface area contributed by atoms with Gasteiger partial charge in [-0.2, -0.15) is 9.49 Å². The molecule has 0 aliphatic heterocycles. The minimum atomic E-state index is -2.37. The number of rotatable bonds is 11. The van der Waals surface area contributed by atoms with Crippen LogP contribution in [0.4, 0.5) is 8.78 Å². The maximum Gasteiger partial charge on any atom is 0.252 e. The molecule has 11 nitrogen and oxygen atoms in total. The fourth-order valence-electron chi connectivity index (χ4n) is 5.31. The number of primary amides is 1. The Morgan fingerprint density at radius 1 is 1.10 bits per heavy atom. The van der Waals surface area contributed by atoms with E-state index in [9.17, 15) is 23.5 Å². The Morgan fingerprint density at radius 3 is 2.54 bits per heavy atom. The Hall–Kier alpha value is -4.85. The van der Waals surface area contributed by atoms with Gasteiger partial charge in [-0.1, -0.05) is 29.3 Å². The summed E-state index contributed by atoms with van der Waals surface area (Å²) in [5.41, 5.74) is 3.28. The predicted molar refractivity (Wildman–Crippen MR) is 173 cm³/mol. The van der Waals surface area contributed by atoms with Gasteiger partial charge in [-0.15, -0.1) is 0 Å². The quantitative estimate of drug-likeness (QED) is 0.119. The number of methoxy groups -OCH3 is 1. The number of aromatic nitrogens is 4. The molecule has 2 aromatic carbocycles. The highest BCUT2D eigenvalue weighted by Crippen LogP contribution is 2.42. The van der Waals surface area contributed by atoms with Gasteiger partial charge in [0.15, 0.2) is 11.4 Å². The van der Waals surface area contributed by atoms with Crippen LogP contribution in [-0.2, 0) is 5.60 Å². The minimum absolute atomic E-state index is 0.0431. The molecule has 1 aliphatic carbocycles. The van der Waals surface area contributed by atoms with Crippen LogP contribution < -0.4 is 20.5 Å². The second-order valence-corrected chi connectivity index (χ2v) is 11.9. The molecule has 248 valence electrons. The maximum absolute atomic E-state index is 14.5. The molecule has 0 unspecified atom stereocenters. The monoisotopic (exact) mass is 696 g/mol. The van der Waals surface area contributed by atoms with E-state index in [1.807, 2.05) is 10.9 Å². The van der Waals surface area contributed by atoms with Crippen molar-refractivity contribution >= 4 is 45.9 Å². The molecule has 3 aromatic heterocycles. The number of nitrogens with two attached hydrogens (primary N) is 1. The van der Waals surface area contributed by atoms with Gasteiger partial charge in [-0.25, -0.2) is 14.4 Å². The third kappa shape index (κ3) is 6.12. The molecular formula is C33H28Cl2F2N6O5. The lowest BCUT2D eigenvalue weighted by atomic mass is 9.91. The molecule has 1 aliphatic rings. The van der Waals surface area contributed by atoms with E-state index in [1.165, 1.54) is 31.4 Å². The van der Waals surface area contributed by atoms with Crippen LogP contribution in [0.3, 0.4) is 0 Å². The topological polar surface area (TPSA) is 154 Å². The number of fused-ring (bicyclic) bond motifs is 1. The van der Waals surface area contributed by atoms with Crippen LogP contribution in [0.15, 0.2) is 54.7 Å². The van der Waals surface area contributed by atoms with Gasteiger partial charge in [0.05, 0.1) is 53.3 Å². The van der Waals surface area contributed by atoms with E-state index in [2.05, 4.69) is 20.4 Å².